The number of hydrogen-bond donors (Lipinski definition) is 2. The quantitative estimate of drug-likeness (QED) is 0.795. The van der Waals surface area contributed by atoms with Crippen LogP contribution in [0, 0.1) is 5.92 Å². The van der Waals surface area contributed by atoms with E-state index in [0.717, 1.165) is 25.3 Å². The summed E-state index contributed by atoms with van der Waals surface area (Å²) in [6, 6.07) is 0.134. The van der Waals surface area contributed by atoms with E-state index >= 15 is 0 Å². The van der Waals surface area contributed by atoms with Crippen LogP contribution < -0.4 is 10.6 Å². The highest BCUT2D eigenvalue weighted by atomic mass is 16.5. The summed E-state index contributed by atoms with van der Waals surface area (Å²) in [7, 11) is 1.89. The van der Waals surface area contributed by atoms with Gasteiger partial charge < -0.3 is 15.2 Å². The van der Waals surface area contributed by atoms with Gasteiger partial charge in [-0.25, -0.2) is 0 Å². The van der Waals surface area contributed by atoms with Crippen LogP contribution in [0.15, 0.2) is 4.52 Å². The Morgan fingerprint density at radius 3 is 2.94 bits per heavy atom. The van der Waals surface area contributed by atoms with Crippen molar-refractivity contribution in [1.29, 1.82) is 0 Å². The molecule has 2 heterocycles. The molecule has 2 N–H and O–H groups in total. The van der Waals surface area contributed by atoms with Gasteiger partial charge in [0, 0.05) is 6.42 Å². The summed E-state index contributed by atoms with van der Waals surface area (Å²) in [5, 5.41) is 10.5. The first-order chi connectivity index (χ1) is 7.79. The molecule has 1 aromatic rings. The highest BCUT2D eigenvalue weighted by Gasteiger charge is 2.18. The Bertz CT molecular complexity index is 320. The van der Waals surface area contributed by atoms with Gasteiger partial charge in [-0.05, 0) is 45.8 Å². The second-order valence-corrected chi connectivity index (χ2v) is 4.46. The van der Waals surface area contributed by atoms with E-state index in [0.29, 0.717) is 11.8 Å². The summed E-state index contributed by atoms with van der Waals surface area (Å²) in [6.45, 7) is 4.24. The molecule has 0 bridgehead atoms. The molecule has 1 aliphatic rings. The molecule has 1 unspecified atom stereocenters. The number of nitrogens with one attached hydrogen (secondary N) is 2. The van der Waals surface area contributed by atoms with Crippen molar-refractivity contribution in [1.82, 2.24) is 20.8 Å². The van der Waals surface area contributed by atoms with Crippen LogP contribution in [0.25, 0.3) is 0 Å². The molecular formula is C11H20N4O. The molecule has 0 spiro atoms. The van der Waals surface area contributed by atoms with Crippen LogP contribution in [-0.4, -0.2) is 30.3 Å². The molecule has 0 radical (unpaired) electrons. The van der Waals surface area contributed by atoms with Gasteiger partial charge in [-0.1, -0.05) is 5.16 Å². The molecule has 1 aromatic heterocycles. The van der Waals surface area contributed by atoms with Gasteiger partial charge in [0.05, 0.1) is 6.04 Å². The van der Waals surface area contributed by atoms with E-state index in [9.17, 15) is 0 Å². The predicted octanol–water partition coefficient (Wildman–Crippen LogP) is 0.892. The molecule has 0 saturated carbocycles. The summed E-state index contributed by atoms with van der Waals surface area (Å²) < 4.78 is 5.22. The Balaban J connectivity index is 1.91. The second kappa shape index (κ2) is 5.41. The van der Waals surface area contributed by atoms with Crippen LogP contribution in [-0.2, 0) is 6.42 Å². The van der Waals surface area contributed by atoms with E-state index in [-0.39, 0.29) is 6.04 Å². The molecule has 1 aliphatic heterocycles. The molecule has 90 valence electrons. The van der Waals surface area contributed by atoms with Gasteiger partial charge in [0.1, 0.15) is 0 Å². The summed E-state index contributed by atoms with van der Waals surface area (Å²) >= 11 is 0. The highest BCUT2D eigenvalue weighted by Crippen LogP contribution is 2.17. The molecule has 5 nitrogen and oxygen atoms in total. The first kappa shape index (κ1) is 11.5. The topological polar surface area (TPSA) is 63.0 Å². The minimum atomic E-state index is 0.134. The van der Waals surface area contributed by atoms with Gasteiger partial charge in [0.2, 0.25) is 5.89 Å². The Labute approximate surface area is 96.0 Å². The van der Waals surface area contributed by atoms with Crippen molar-refractivity contribution < 1.29 is 4.52 Å². The van der Waals surface area contributed by atoms with E-state index in [2.05, 4.69) is 20.8 Å². The number of rotatable bonds is 4. The highest BCUT2D eigenvalue weighted by molar-refractivity contribution is 4.92. The van der Waals surface area contributed by atoms with Crippen LogP contribution in [0.1, 0.15) is 37.5 Å². The zero-order chi connectivity index (χ0) is 11.4. The van der Waals surface area contributed by atoms with Gasteiger partial charge >= 0.3 is 0 Å². The lowest BCUT2D eigenvalue weighted by Gasteiger charge is -2.20. The largest absolute Gasteiger partial charge is 0.338 e. The molecule has 1 saturated heterocycles. The summed E-state index contributed by atoms with van der Waals surface area (Å²) in [5.41, 5.74) is 0. The lowest BCUT2D eigenvalue weighted by Crippen LogP contribution is -2.28. The SMILES string of the molecule is CNC(C)c1nc(CC2CCNCC2)no1. The zero-order valence-corrected chi connectivity index (χ0v) is 9.99. The first-order valence-electron chi connectivity index (χ1n) is 6.00. The molecule has 5 heteroatoms. The van der Waals surface area contributed by atoms with Gasteiger partial charge in [0.15, 0.2) is 5.82 Å². The Morgan fingerprint density at radius 1 is 1.50 bits per heavy atom. The van der Waals surface area contributed by atoms with Gasteiger partial charge in [-0.15, -0.1) is 0 Å². The number of nitrogens with zero attached hydrogens (tertiary/aromatic N) is 2. The van der Waals surface area contributed by atoms with Crippen LogP contribution in [0.2, 0.25) is 0 Å². The molecule has 1 fully saturated rings. The van der Waals surface area contributed by atoms with E-state index < -0.39 is 0 Å². The lowest BCUT2D eigenvalue weighted by atomic mass is 9.94. The third-order valence-electron chi connectivity index (χ3n) is 3.22. The molecule has 2 rings (SSSR count). The van der Waals surface area contributed by atoms with E-state index in [1.54, 1.807) is 0 Å². The lowest BCUT2D eigenvalue weighted by molar-refractivity contribution is 0.333. The third kappa shape index (κ3) is 2.80. The van der Waals surface area contributed by atoms with Gasteiger partial charge in [0.25, 0.3) is 0 Å². The van der Waals surface area contributed by atoms with Crippen molar-refractivity contribution in [2.24, 2.45) is 5.92 Å². The maximum absolute atomic E-state index is 5.22. The minimum absolute atomic E-state index is 0.134. The molecule has 16 heavy (non-hydrogen) atoms. The monoisotopic (exact) mass is 224 g/mol. The molecular weight excluding hydrogens is 204 g/mol. The van der Waals surface area contributed by atoms with Crippen LogP contribution in [0.4, 0.5) is 0 Å². The Hall–Kier alpha value is -0.940. The molecule has 0 amide bonds. The maximum atomic E-state index is 5.22. The van der Waals surface area contributed by atoms with Crippen LogP contribution in [0.5, 0.6) is 0 Å². The average molecular weight is 224 g/mol. The van der Waals surface area contributed by atoms with Crippen LogP contribution >= 0.6 is 0 Å². The maximum Gasteiger partial charge on any atom is 0.243 e. The second-order valence-electron chi connectivity index (χ2n) is 4.46. The smallest absolute Gasteiger partial charge is 0.243 e. The van der Waals surface area contributed by atoms with Crippen molar-refractivity contribution in [3.05, 3.63) is 11.7 Å². The summed E-state index contributed by atoms with van der Waals surface area (Å²) in [6.07, 6.45) is 3.37. The number of hydrogen-bond acceptors (Lipinski definition) is 5. The fraction of sp³-hybridized carbons (Fsp3) is 0.818. The van der Waals surface area contributed by atoms with E-state index in [1.165, 1.54) is 12.8 Å². The van der Waals surface area contributed by atoms with Crippen molar-refractivity contribution in [3.8, 4) is 0 Å². The van der Waals surface area contributed by atoms with Gasteiger partial charge in [-0.3, -0.25) is 0 Å². The normalized spacial score (nSPS) is 19.9. The summed E-state index contributed by atoms with van der Waals surface area (Å²) in [4.78, 5) is 4.41. The standard InChI is InChI=1S/C11H20N4O/c1-8(12-2)11-14-10(15-16-11)7-9-3-5-13-6-4-9/h8-9,12-13H,3-7H2,1-2H3. The van der Waals surface area contributed by atoms with E-state index in [4.69, 9.17) is 4.52 Å². The molecule has 0 aromatic carbocycles. The van der Waals surface area contributed by atoms with Crippen molar-refractivity contribution in [3.63, 3.8) is 0 Å². The fourth-order valence-electron chi connectivity index (χ4n) is 1.99. The Morgan fingerprint density at radius 2 is 2.25 bits per heavy atom. The molecule has 1 atom stereocenters. The van der Waals surface area contributed by atoms with E-state index in [1.807, 2.05) is 14.0 Å². The van der Waals surface area contributed by atoms with Gasteiger partial charge in [-0.2, -0.15) is 4.98 Å². The average Bonchev–Trinajstić information content (AvgIpc) is 2.78. The number of piperidine rings is 1. The third-order valence-corrected chi connectivity index (χ3v) is 3.22. The Kier molecular flexibility index (Phi) is 3.90. The molecule has 0 aliphatic carbocycles. The van der Waals surface area contributed by atoms with Crippen molar-refractivity contribution >= 4 is 0 Å². The zero-order valence-electron chi connectivity index (χ0n) is 9.99. The summed E-state index contributed by atoms with van der Waals surface area (Å²) in [5.74, 6) is 2.24. The number of aromatic nitrogens is 2. The first-order valence-corrected chi connectivity index (χ1v) is 6.00. The minimum Gasteiger partial charge on any atom is -0.338 e. The van der Waals surface area contributed by atoms with Crippen molar-refractivity contribution in [2.75, 3.05) is 20.1 Å². The van der Waals surface area contributed by atoms with Crippen LogP contribution in [0.3, 0.4) is 0 Å². The van der Waals surface area contributed by atoms with Crippen molar-refractivity contribution in [2.45, 2.75) is 32.2 Å². The predicted molar refractivity (Wildman–Crippen MR) is 61.1 cm³/mol. The fourth-order valence-corrected chi connectivity index (χ4v) is 1.99.